The van der Waals surface area contributed by atoms with E-state index in [2.05, 4.69) is 21.2 Å². The molecule has 0 heterocycles. The van der Waals surface area contributed by atoms with Crippen LogP contribution in [0.2, 0.25) is 0 Å². The molecule has 0 saturated carbocycles. The Bertz CT molecular complexity index is 490. The zero-order valence-electron chi connectivity index (χ0n) is 11.5. The predicted molar refractivity (Wildman–Crippen MR) is 79.1 cm³/mol. The van der Waals surface area contributed by atoms with Crippen molar-refractivity contribution in [2.45, 2.75) is 19.8 Å². The SMILES string of the molecule is CCC(CNC(=O)c1cc(OC)ccc1Br)CC(=O)O. The fourth-order valence-corrected chi connectivity index (χ4v) is 2.17. The summed E-state index contributed by atoms with van der Waals surface area (Å²) in [5.41, 5.74) is 0.467. The molecule has 1 rings (SSSR count). The Balaban J connectivity index is 2.68. The summed E-state index contributed by atoms with van der Waals surface area (Å²) in [4.78, 5) is 22.8. The van der Waals surface area contributed by atoms with E-state index in [1.165, 1.54) is 7.11 Å². The zero-order chi connectivity index (χ0) is 15.1. The van der Waals surface area contributed by atoms with Crippen LogP contribution in [0.15, 0.2) is 22.7 Å². The topological polar surface area (TPSA) is 75.6 Å². The maximum absolute atomic E-state index is 12.1. The standard InChI is InChI=1S/C14H18BrNO4/c1-3-9(6-13(17)18)8-16-14(19)11-7-10(20-2)4-5-12(11)15/h4-5,7,9H,3,6,8H2,1-2H3,(H,16,19)(H,17,18). The number of carboxylic acid groups (broad SMARTS) is 1. The molecule has 5 nitrogen and oxygen atoms in total. The number of carbonyl (C=O) groups excluding carboxylic acids is 1. The molecule has 1 aromatic carbocycles. The minimum absolute atomic E-state index is 0.0516. The van der Waals surface area contributed by atoms with Gasteiger partial charge in [-0.2, -0.15) is 0 Å². The molecular weight excluding hydrogens is 326 g/mol. The van der Waals surface area contributed by atoms with Crippen LogP contribution in [0.5, 0.6) is 5.75 Å². The van der Waals surface area contributed by atoms with E-state index in [1.54, 1.807) is 18.2 Å². The number of hydrogen-bond donors (Lipinski definition) is 2. The highest BCUT2D eigenvalue weighted by atomic mass is 79.9. The number of carboxylic acids is 1. The lowest BCUT2D eigenvalue weighted by Crippen LogP contribution is -2.30. The van der Waals surface area contributed by atoms with Crippen molar-refractivity contribution in [3.8, 4) is 5.75 Å². The van der Waals surface area contributed by atoms with Crippen molar-refractivity contribution in [3.05, 3.63) is 28.2 Å². The van der Waals surface area contributed by atoms with E-state index in [-0.39, 0.29) is 18.2 Å². The van der Waals surface area contributed by atoms with Crippen molar-refractivity contribution in [1.29, 1.82) is 0 Å². The van der Waals surface area contributed by atoms with Crippen molar-refractivity contribution in [1.82, 2.24) is 5.32 Å². The van der Waals surface area contributed by atoms with Crippen LogP contribution in [0.25, 0.3) is 0 Å². The first-order chi connectivity index (χ1) is 9.47. The molecule has 1 unspecified atom stereocenters. The lowest BCUT2D eigenvalue weighted by atomic mass is 10.0. The molecule has 6 heteroatoms. The van der Waals surface area contributed by atoms with Crippen LogP contribution in [-0.2, 0) is 4.79 Å². The summed E-state index contributed by atoms with van der Waals surface area (Å²) >= 11 is 3.31. The summed E-state index contributed by atoms with van der Waals surface area (Å²) in [7, 11) is 1.53. The lowest BCUT2D eigenvalue weighted by molar-refractivity contribution is -0.138. The number of carbonyl (C=O) groups is 2. The van der Waals surface area contributed by atoms with Crippen molar-refractivity contribution < 1.29 is 19.4 Å². The molecule has 0 aliphatic rings. The van der Waals surface area contributed by atoms with Gasteiger partial charge in [-0.05, 0) is 40.0 Å². The van der Waals surface area contributed by atoms with Crippen molar-refractivity contribution in [3.63, 3.8) is 0 Å². The molecule has 0 aliphatic carbocycles. The molecule has 110 valence electrons. The number of hydrogen-bond acceptors (Lipinski definition) is 3. The van der Waals surface area contributed by atoms with Crippen LogP contribution in [0.1, 0.15) is 30.1 Å². The van der Waals surface area contributed by atoms with Gasteiger partial charge in [0.2, 0.25) is 0 Å². The lowest BCUT2D eigenvalue weighted by Gasteiger charge is -2.14. The highest BCUT2D eigenvalue weighted by Gasteiger charge is 2.15. The van der Waals surface area contributed by atoms with E-state index in [0.29, 0.717) is 28.8 Å². The maximum Gasteiger partial charge on any atom is 0.303 e. The first-order valence-corrected chi connectivity index (χ1v) is 7.10. The molecule has 0 aliphatic heterocycles. The second-order valence-corrected chi connectivity index (χ2v) is 5.28. The van der Waals surface area contributed by atoms with Crippen molar-refractivity contribution in [2.24, 2.45) is 5.92 Å². The number of amides is 1. The molecule has 0 fully saturated rings. The van der Waals surface area contributed by atoms with E-state index in [0.717, 1.165) is 0 Å². The smallest absolute Gasteiger partial charge is 0.303 e. The Kier molecular flexibility index (Phi) is 6.51. The van der Waals surface area contributed by atoms with E-state index in [4.69, 9.17) is 9.84 Å². The monoisotopic (exact) mass is 343 g/mol. The molecule has 2 N–H and O–H groups in total. The molecule has 1 amide bonds. The van der Waals surface area contributed by atoms with E-state index in [1.807, 2.05) is 6.92 Å². The fourth-order valence-electron chi connectivity index (χ4n) is 1.75. The quantitative estimate of drug-likeness (QED) is 0.797. The van der Waals surface area contributed by atoms with Gasteiger partial charge >= 0.3 is 5.97 Å². The zero-order valence-corrected chi connectivity index (χ0v) is 13.1. The Hall–Kier alpha value is -1.56. The molecular formula is C14H18BrNO4. The van der Waals surface area contributed by atoms with Gasteiger partial charge in [0.05, 0.1) is 12.7 Å². The van der Waals surface area contributed by atoms with E-state index in [9.17, 15) is 9.59 Å². The van der Waals surface area contributed by atoms with Gasteiger partial charge in [0.25, 0.3) is 5.91 Å². The van der Waals surface area contributed by atoms with Gasteiger partial charge in [0, 0.05) is 17.4 Å². The molecule has 1 atom stereocenters. The minimum atomic E-state index is -0.853. The second-order valence-electron chi connectivity index (χ2n) is 4.43. The summed E-state index contributed by atoms with van der Waals surface area (Å²) in [6, 6.07) is 5.13. The van der Waals surface area contributed by atoms with Gasteiger partial charge in [-0.3, -0.25) is 9.59 Å². The van der Waals surface area contributed by atoms with Gasteiger partial charge in [0.1, 0.15) is 5.75 Å². The van der Waals surface area contributed by atoms with Crippen LogP contribution >= 0.6 is 15.9 Å². The Morgan fingerprint density at radius 3 is 2.70 bits per heavy atom. The van der Waals surface area contributed by atoms with Gasteiger partial charge in [-0.1, -0.05) is 13.3 Å². The molecule has 0 saturated heterocycles. The normalized spacial score (nSPS) is 11.8. The predicted octanol–water partition coefficient (Wildman–Crippen LogP) is 2.69. The molecule has 0 bridgehead atoms. The highest BCUT2D eigenvalue weighted by molar-refractivity contribution is 9.10. The largest absolute Gasteiger partial charge is 0.497 e. The number of halogens is 1. The molecule has 0 aromatic heterocycles. The first-order valence-electron chi connectivity index (χ1n) is 6.31. The minimum Gasteiger partial charge on any atom is -0.497 e. The van der Waals surface area contributed by atoms with Gasteiger partial charge in [-0.15, -0.1) is 0 Å². The third kappa shape index (κ3) is 4.85. The number of methoxy groups -OCH3 is 1. The van der Waals surface area contributed by atoms with E-state index < -0.39 is 5.97 Å². The summed E-state index contributed by atoms with van der Waals surface area (Å²) in [6.07, 6.45) is 0.752. The summed E-state index contributed by atoms with van der Waals surface area (Å²) in [6.45, 7) is 2.24. The Morgan fingerprint density at radius 2 is 2.15 bits per heavy atom. The highest BCUT2D eigenvalue weighted by Crippen LogP contribution is 2.22. The maximum atomic E-state index is 12.1. The fraction of sp³-hybridized carbons (Fsp3) is 0.429. The van der Waals surface area contributed by atoms with Gasteiger partial charge < -0.3 is 15.2 Å². The van der Waals surface area contributed by atoms with Gasteiger partial charge in [-0.25, -0.2) is 0 Å². The molecule has 0 radical (unpaired) electrons. The van der Waals surface area contributed by atoms with Crippen LogP contribution in [0.3, 0.4) is 0 Å². The third-order valence-corrected chi connectivity index (χ3v) is 3.70. The molecule has 0 spiro atoms. The van der Waals surface area contributed by atoms with Crippen LogP contribution in [-0.4, -0.2) is 30.6 Å². The van der Waals surface area contributed by atoms with Crippen LogP contribution < -0.4 is 10.1 Å². The Morgan fingerprint density at radius 1 is 1.45 bits per heavy atom. The number of nitrogens with one attached hydrogen (secondary N) is 1. The molecule has 1 aromatic rings. The summed E-state index contributed by atoms with van der Waals surface area (Å²) in [5.74, 6) is -0.579. The average Bonchev–Trinajstić information content (AvgIpc) is 2.43. The number of ether oxygens (including phenoxy) is 1. The first kappa shape index (κ1) is 16.5. The second kappa shape index (κ2) is 7.89. The summed E-state index contributed by atoms with van der Waals surface area (Å²) < 4.78 is 5.75. The van der Waals surface area contributed by atoms with Crippen LogP contribution in [0, 0.1) is 5.92 Å². The number of benzene rings is 1. The van der Waals surface area contributed by atoms with Crippen molar-refractivity contribution in [2.75, 3.05) is 13.7 Å². The van der Waals surface area contributed by atoms with Crippen LogP contribution in [0.4, 0.5) is 0 Å². The van der Waals surface area contributed by atoms with Gasteiger partial charge in [0.15, 0.2) is 0 Å². The average molecular weight is 344 g/mol. The number of rotatable bonds is 7. The summed E-state index contributed by atoms with van der Waals surface area (Å²) in [5, 5.41) is 11.5. The number of aliphatic carboxylic acids is 1. The van der Waals surface area contributed by atoms with Crippen molar-refractivity contribution >= 4 is 27.8 Å². The third-order valence-electron chi connectivity index (χ3n) is 3.01. The van der Waals surface area contributed by atoms with E-state index >= 15 is 0 Å². The molecule has 20 heavy (non-hydrogen) atoms. The Labute approximate surface area is 126 Å².